The fourth-order valence-electron chi connectivity index (χ4n) is 4.75. The lowest BCUT2D eigenvalue weighted by Crippen LogP contribution is -2.26. The second-order valence-electron chi connectivity index (χ2n) is 9.42. The summed E-state index contributed by atoms with van der Waals surface area (Å²) >= 11 is 0. The van der Waals surface area contributed by atoms with Crippen LogP contribution in [0.25, 0.3) is 0 Å². The molecule has 2 N–H and O–H groups in total. The van der Waals surface area contributed by atoms with E-state index in [0.717, 1.165) is 51.6 Å². The van der Waals surface area contributed by atoms with Crippen molar-refractivity contribution in [3.8, 4) is 0 Å². The smallest absolute Gasteiger partial charge is 0.223 e. The molecule has 2 fully saturated rings. The molecule has 2 saturated carbocycles. The molecule has 0 aromatic heterocycles. The molecule has 2 aliphatic rings. The lowest BCUT2D eigenvalue weighted by atomic mass is 10.1. The van der Waals surface area contributed by atoms with Gasteiger partial charge in [-0.1, -0.05) is 86.3 Å². The SMILES string of the molecule is O=C(NCCCCCCCCNC(=O)[C@@H]1C[C@@H]1c1ccccc1)[C@@H]1C[C@@H]1c1ccccc1. The molecule has 0 spiro atoms. The quantitative estimate of drug-likeness (QED) is 0.429. The van der Waals surface area contributed by atoms with Crippen LogP contribution in [0.4, 0.5) is 0 Å². The monoisotopic (exact) mass is 432 g/mol. The first-order valence-corrected chi connectivity index (χ1v) is 12.4. The van der Waals surface area contributed by atoms with Gasteiger partial charge in [0.1, 0.15) is 0 Å². The lowest BCUT2D eigenvalue weighted by Gasteiger charge is -2.06. The van der Waals surface area contributed by atoms with Crippen molar-refractivity contribution in [1.82, 2.24) is 10.6 Å². The highest BCUT2D eigenvalue weighted by molar-refractivity contribution is 5.83. The van der Waals surface area contributed by atoms with Gasteiger partial charge < -0.3 is 10.6 Å². The van der Waals surface area contributed by atoms with Crippen LogP contribution in [-0.4, -0.2) is 24.9 Å². The molecular formula is C28H36N2O2. The molecule has 2 amide bonds. The summed E-state index contributed by atoms with van der Waals surface area (Å²) in [6.07, 6.45) is 8.76. The van der Waals surface area contributed by atoms with E-state index in [9.17, 15) is 9.59 Å². The normalized spacial score (nSPS) is 23.4. The number of nitrogens with one attached hydrogen (secondary N) is 2. The standard InChI is InChI=1S/C28H36N2O2/c31-27(25-19-23(25)21-13-7-5-8-14-21)29-17-11-3-1-2-4-12-18-30-28(32)26-20-24(26)22-15-9-6-10-16-22/h5-10,13-16,23-26H,1-4,11-12,17-20H2,(H,29,31)(H,30,32)/t23-,24-,25-,26-/m1/s1. The van der Waals surface area contributed by atoms with Gasteiger partial charge in [-0.3, -0.25) is 9.59 Å². The van der Waals surface area contributed by atoms with Gasteiger partial charge in [-0.25, -0.2) is 0 Å². The molecule has 170 valence electrons. The van der Waals surface area contributed by atoms with E-state index < -0.39 is 0 Å². The predicted molar refractivity (Wildman–Crippen MR) is 128 cm³/mol. The van der Waals surface area contributed by atoms with E-state index in [1.807, 2.05) is 36.4 Å². The largest absolute Gasteiger partial charge is 0.356 e. The summed E-state index contributed by atoms with van der Waals surface area (Å²) in [4.78, 5) is 24.5. The zero-order chi connectivity index (χ0) is 22.2. The van der Waals surface area contributed by atoms with Crippen molar-refractivity contribution < 1.29 is 9.59 Å². The lowest BCUT2D eigenvalue weighted by molar-refractivity contribution is -0.123. The first-order chi connectivity index (χ1) is 15.7. The first kappa shape index (κ1) is 22.6. The van der Waals surface area contributed by atoms with E-state index in [1.165, 1.54) is 24.0 Å². The van der Waals surface area contributed by atoms with E-state index in [-0.39, 0.29) is 23.7 Å². The average Bonchev–Trinajstić information content (AvgIpc) is 3.75. The maximum atomic E-state index is 12.3. The minimum atomic E-state index is 0.172. The first-order valence-electron chi connectivity index (χ1n) is 12.4. The number of amides is 2. The fourth-order valence-corrected chi connectivity index (χ4v) is 4.75. The van der Waals surface area contributed by atoms with Crippen molar-refractivity contribution >= 4 is 11.8 Å². The minimum Gasteiger partial charge on any atom is -0.356 e. The Morgan fingerprint density at radius 2 is 0.969 bits per heavy atom. The van der Waals surface area contributed by atoms with Crippen LogP contribution in [0.1, 0.15) is 74.3 Å². The zero-order valence-corrected chi connectivity index (χ0v) is 19.0. The van der Waals surface area contributed by atoms with Crippen molar-refractivity contribution in [2.45, 2.75) is 63.2 Å². The van der Waals surface area contributed by atoms with Crippen LogP contribution in [-0.2, 0) is 9.59 Å². The molecule has 4 rings (SSSR count). The summed E-state index contributed by atoms with van der Waals surface area (Å²) in [7, 11) is 0. The molecule has 0 radical (unpaired) electrons. The molecule has 4 heteroatoms. The van der Waals surface area contributed by atoms with Crippen LogP contribution in [0, 0.1) is 11.8 Å². The van der Waals surface area contributed by atoms with Crippen molar-refractivity contribution in [1.29, 1.82) is 0 Å². The number of carbonyl (C=O) groups is 2. The Morgan fingerprint density at radius 1 is 0.594 bits per heavy atom. The topological polar surface area (TPSA) is 58.2 Å². The predicted octanol–water partition coefficient (Wildman–Crippen LogP) is 5.17. The average molecular weight is 433 g/mol. The molecule has 2 aromatic carbocycles. The highest BCUT2D eigenvalue weighted by atomic mass is 16.2. The van der Waals surface area contributed by atoms with E-state index >= 15 is 0 Å². The Labute approximate surface area is 192 Å². The number of unbranched alkanes of at least 4 members (excludes halogenated alkanes) is 5. The van der Waals surface area contributed by atoms with E-state index in [2.05, 4.69) is 34.9 Å². The van der Waals surface area contributed by atoms with Gasteiger partial charge in [-0.05, 0) is 48.6 Å². The summed E-state index contributed by atoms with van der Waals surface area (Å²) in [5.74, 6) is 1.62. The van der Waals surface area contributed by atoms with Gasteiger partial charge in [0.25, 0.3) is 0 Å². The third kappa shape index (κ3) is 6.44. The summed E-state index contributed by atoms with van der Waals surface area (Å²) in [6, 6.07) is 20.7. The van der Waals surface area contributed by atoms with Crippen LogP contribution in [0.15, 0.2) is 60.7 Å². The summed E-state index contributed by atoms with van der Waals surface area (Å²) in [6.45, 7) is 1.58. The molecule has 0 unspecified atom stereocenters. The van der Waals surface area contributed by atoms with Crippen LogP contribution in [0.3, 0.4) is 0 Å². The van der Waals surface area contributed by atoms with E-state index in [0.29, 0.717) is 11.8 Å². The molecule has 0 bridgehead atoms. The Bertz CT molecular complexity index is 794. The van der Waals surface area contributed by atoms with Crippen LogP contribution in [0.2, 0.25) is 0 Å². The molecule has 2 aromatic rings. The van der Waals surface area contributed by atoms with E-state index in [1.54, 1.807) is 0 Å². The van der Waals surface area contributed by atoms with Gasteiger partial charge >= 0.3 is 0 Å². The number of hydrogen-bond donors (Lipinski definition) is 2. The molecule has 0 saturated heterocycles. The zero-order valence-electron chi connectivity index (χ0n) is 19.0. The molecular weight excluding hydrogens is 396 g/mol. The van der Waals surface area contributed by atoms with Crippen molar-refractivity contribution in [3.63, 3.8) is 0 Å². The van der Waals surface area contributed by atoms with Crippen molar-refractivity contribution in [2.75, 3.05) is 13.1 Å². The molecule has 4 nitrogen and oxygen atoms in total. The van der Waals surface area contributed by atoms with Gasteiger partial charge in [0.05, 0.1) is 0 Å². The molecule has 2 aliphatic carbocycles. The molecule has 32 heavy (non-hydrogen) atoms. The number of carbonyl (C=O) groups excluding carboxylic acids is 2. The summed E-state index contributed by atoms with van der Waals surface area (Å²) < 4.78 is 0. The minimum absolute atomic E-state index is 0.172. The summed E-state index contributed by atoms with van der Waals surface area (Å²) in [5.41, 5.74) is 2.58. The second-order valence-corrected chi connectivity index (χ2v) is 9.42. The van der Waals surface area contributed by atoms with Crippen molar-refractivity contribution in [2.24, 2.45) is 11.8 Å². The van der Waals surface area contributed by atoms with Gasteiger partial charge in [-0.15, -0.1) is 0 Å². The van der Waals surface area contributed by atoms with Gasteiger partial charge in [0.15, 0.2) is 0 Å². The highest BCUT2D eigenvalue weighted by Gasteiger charge is 2.44. The van der Waals surface area contributed by atoms with Crippen LogP contribution < -0.4 is 10.6 Å². The molecule has 4 atom stereocenters. The number of benzene rings is 2. The Hall–Kier alpha value is -2.62. The second kappa shape index (κ2) is 11.3. The summed E-state index contributed by atoms with van der Waals surface area (Å²) in [5, 5.41) is 6.23. The molecule has 0 aliphatic heterocycles. The Balaban J connectivity index is 0.955. The number of rotatable bonds is 13. The van der Waals surface area contributed by atoms with Crippen LogP contribution in [0.5, 0.6) is 0 Å². The Kier molecular flexibility index (Phi) is 7.97. The Morgan fingerprint density at radius 3 is 1.38 bits per heavy atom. The third-order valence-corrected chi connectivity index (χ3v) is 6.91. The highest BCUT2D eigenvalue weighted by Crippen LogP contribution is 2.48. The fraction of sp³-hybridized carbons (Fsp3) is 0.500. The van der Waals surface area contributed by atoms with E-state index in [4.69, 9.17) is 0 Å². The maximum Gasteiger partial charge on any atom is 0.223 e. The van der Waals surface area contributed by atoms with Gasteiger partial charge in [-0.2, -0.15) is 0 Å². The molecule has 0 heterocycles. The van der Waals surface area contributed by atoms with Gasteiger partial charge in [0, 0.05) is 24.9 Å². The van der Waals surface area contributed by atoms with Gasteiger partial charge in [0.2, 0.25) is 11.8 Å². The maximum absolute atomic E-state index is 12.3. The van der Waals surface area contributed by atoms with Crippen molar-refractivity contribution in [3.05, 3.63) is 71.8 Å². The third-order valence-electron chi connectivity index (χ3n) is 6.91. The van der Waals surface area contributed by atoms with Crippen LogP contribution >= 0.6 is 0 Å². The number of hydrogen-bond acceptors (Lipinski definition) is 2.